The lowest BCUT2D eigenvalue weighted by atomic mass is 9.95. The average molecular weight is 289 g/mol. The van der Waals surface area contributed by atoms with Crippen LogP contribution in [0.4, 0.5) is 4.39 Å². The van der Waals surface area contributed by atoms with Gasteiger partial charge in [-0.3, -0.25) is 0 Å². The van der Waals surface area contributed by atoms with Crippen LogP contribution in [0.15, 0.2) is 36.7 Å². The van der Waals surface area contributed by atoms with Crippen molar-refractivity contribution in [2.45, 2.75) is 19.8 Å². The van der Waals surface area contributed by atoms with E-state index in [9.17, 15) is 4.39 Å². The Labute approximate surface area is 121 Å². The maximum Gasteiger partial charge on any atom is 0.134 e. The number of imidazole rings is 1. The molecule has 1 heterocycles. The van der Waals surface area contributed by atoms with Crippen molar-refractivity contribution < 1.29 is 4.39 Å². The molecule has 3 aromatic rings. The number of hydrogen-bond acceptors (Lipinski definition) is 1. The van der Waals surface area contributed by atoms with Gasteiger partial charge in [-0.1, -0.05) is 43.6 Å². The minimum atomic E-state index is -0.222. The monoisotopic (exact) mass is 288 g/mol. The van der Waals surface area contributed by atoms with Gasteiger partial charge in [0.1, 0.15) is 5.82 Å². The zero-order chi connectivity index (χ0) is 14.3. The minimum absolute atomic E-state index is 0.118. The topological polar surface area (TPSA) is 28.7 Å². The molecule has 0 atom stereocenters. The van der Waals surface area contributed by atoms with E-state index in [4.69, 9.17) is 11.6 Å². The first-order valence-electron chi connectivity index (χ1n) is 6.50. The summed E-state index contributed by atoms with van der Waals surface area (Å²) in [5, 5.41) is 0.504. The van der Waals surface area contributed by atoms with Gasteiger partial charge in [0.2, 0.25) is 0 Å². The largest absolute Gasteiger partial charge is 0.345 e. The van der Waals surface area contributed by atoms with Crippen molar-refractivity contribution in [1.29, 1.82) is 0 Å². The minimum Gasteiger partial charge on any atom is -0.345 e. The first kappa shape index (κ1) is 13.1. The molecule has 0 unspecified atom stereocenters. The van der Waals surface area contributed by atoms with Crippen LogP contribution in [0.25, 0.3) is 22.2 Å². The highest BCUT2D eigenvalue weighted by Gasteiger charge is 2.17. The van der Waals surface area contributed by atoms with Gasteiger partial charge in [0.05, 0.1) is 22.4 Å². The van der Waals surface area contributed by atoms with Crippen LogP contribution >= 0.6 is 11.6 Å². The van der Waals surface area contributed by atoms with Crippen LogP contribution in [-0.4, -0.2) is 9.97 Å². The Morgan fingerprint density at radius 3 is 2.75 bits per heavy atom. The summed E-state index contributed by atoms with van der Waals surface area (Å²) in [6.07, 6.45) is 1.59. The maximum absolute atomic E-state index is 14.7. The molecule has 0 radical (unpaired) electrons. The molecule has 2 aromatic carbocycles. The number of nitrogens with zero attached hydrogens (tertiary/aromatic N) is 1. The van der Waals surface area contributed by atoms with Crippen molar-refractivity contribution in [3.63, 3.8) is 0 Å². The van der Waals surface area contributed by atoms with E-state index in [0.717, 1.165) is 5.52 Å². The summed E-state index contributed by atoms with van der Waals surface area (Å²) in [6, 6.07) is 9.02. The molecule has 0 amide bonds. The van der Waals surface area contributed by atoms with Crippen LogP contribution in [0.3, 0.4) is 0 Å². The molecule has 0 saturated carbocycles. The van der Waals surface area contributed by atoms with Gasteiger partial charge < -0.3 is 4.98 Å². The fraction of sp³-hybridized carbons (Fsp3) is 0.188. The fourth-order valence-electron chi connectivity index (χ4n) is 2.43. The second-order valence-electron chi connectivity index (χ2n) is 5.08. The van der Waals surface area contributed by atoms with Crippen LogP contribution in [-0.2, 0) is 0 Å². The number of H-pyrrole nitrogens is 1. The number of hydrogen-bond donors (Lipinski definition) is 1. The Morgan fingerprint density at radius 1 is 1.20 bits per heavy atom. The SMILES string of the molecule is CC(C)c1cccc(-c2c(Cl)ccc3[nH]cnc23)c1F. The lowest BCUT2D eigenvalue weighted by Gasteiger charge is -2.12. The summed E-state index contributed by atoms with van der Waals surface area (Å²) >= 11 is 6.28. The first-order chi connectivity index (χ1) is 9.59. The molecule has 102 valence electrons. The summed E-state index contributed by atoms with van der Waals surface area (Å²) in [4.78, 5) is 7.29. The lowest BCUT2D eigenvalue weighted by Crippen LogP contribution is -1.96. The van der Waals surface area contributed by atoms with Gasteiger partial charge in [-0.05, 0) is 23.6 Å². The van der Waals surface area contributed by atoms with Gasteiger partial charge in [-0.15, -0.1) is 0 Å². The highest BCUT2D eigenvalue weighted by molar-refractivity contribution is 6.34. The number of fused-ring (bicyclic) bond motifs is 1. The molecule has 1 aromatic heterocycles. The predicted octanol–water partition coefficient (Wildman–Crippen LogP) is 5.15. The molecule has 4 heteroatoms. The molecule has 20 heavy (non-hydrogen) atoms. The molecular weight excluding hydrogens is 275 g/mol. The fourth-order valence-corrected chi connectivity index (χ4v) is 2.68. The van der Waals surface area contributed by atoms with Gasteiger partial charge in [0, 0.05) is 11.1 Å². The smallest absolute Gasteiger partial charge is 0.134 e. The molecule has 0 spiro atoms. The van der Waals surface area contributed by atoms with Gasteiger partial charge >= 0.3 is 0 Å². The van der Waals surface area contributed by atoms with Crippen molar-refractivity contribution in [2.24, 2.45) is 0 Å². The van der Waals surface area contributed by atoms with Gasteiger partial charge in [0.25, 0.3) is 0 Å². The molecule has 1 N–H and O–H groups in total. The van der Waals surface area contributed by atoms with Crippen molar-refractivity contribution in [3.8, 4) is 11.1 Å². The summed E-state index contributed by atoms with van der Waals surface area (Å²) in [5.41, 5.74) is 3.37. The van der Waals surface area contributed by atoms with E-state index in [-0.39, 0.29) is 11.7 Å². The zero-order valence-corrected chi connectivity index (χ0v) is 12.0. The number of aromatic amines is 1. The van der Waals surface area contributed by atoms with E-state index in [1.807, 2.05) is 32.0 Å². The number of halogens is 2. The third-order valence-corrected chi connectivity index (χ3v) is 3.78. The quantitative estimate of drug-likeness (QED) is 0.694. The molecule has 3 rings (SSSR count). The molecule has 2 nitrogen and oxygen atoms in total. The average Bonchev–Trinajstić information content (AvgIpc) is 2.87. The molecular formula is C16H14ClFN2. The first-order valence-corrected chi connectivity index (χ1v) is 6.87. The number of rotatable bonds is 2. The summed E-state index contributed by atoms with van der Waals surface area (Å²) in [7, 11) is 0. The zero-order valence-electron chi connectivity index (χ0n) is 11.2. The van der Waals surface area contributed by atoms with Crippen LogP contribution in [0.2, 0.25) is 5.02 Å². The van der Waals surface area contributed by atoms with Gasteiger partial charge in [-0.2, -0.15) is 0 Å². The second kappa shape index (κ2) is 4.91. The third kappa shape index (κ3) is 1.98. The molecule has 0 saturated heterocycles. The number of benzene rings is 2. The van der Waals surface area contributed by atoms with E-state index in [2.05, 4.69) is 9.97 Å². The Kier molecular flexibility index (Phi) is 3.22. The number of nitrogens with one attached hydrogen (secondary N) is 1. The third-order valence-electron chi connectivity index (χ3n) is 3.46. The highest BCUT2D eigenvalue weighted by atomic mass is 35.5. The summed E-state index contributed by atoms with van der Waals surface area (Å²) in [5.74, 6) is -0.105. The van der Waals surface area contributed by atoms with Crippen molar-refractivity contribution in [2.75, 3.05) is 0 Å². The standard InChI is InChI=1S/C16H14ClFN2/c1-9(2)10-4-3-5-11(15(10)18)14-12(17)6-7-13-16(14)20-8-19-13/h3-9H,1-2H3,(H,19,20). The molecule has 0 fully saturated rings. The number of aromatic nitrogens is 2. The predicted molar refractivity (Wildman–Crippen MR) is 80.6 cm³/mol. The van der Waals surface area contributed by atoms with Crippen LogP contribution in [0.5, 0.6) is 0 Å². The van der Waals surface area contributed by atoms with Crippen molar-refractivity contribution in [3.05, 3.63) is 53.1 Å². The highest BCUT2D eigenvalue weighted by Crippen LogP contribution is 2.37. The maximum atomic E-state index is 14.7. The van der Waals surface area contributed by atoms with E-state index >= 15 is 0 Å². The van der Waals surface area contributed by atoms with Crippen LogP contribution in [0.1, 0.15) is 25.3 Å². The van der Waals surface area contributed by atoms with Gasteiger partial charge in [0.15, 0.2) is 0 Å². The second-order valence-corrected chi connectivity index (χ2v) is 5.49. The Morgan fingerprint density at radius 2 is 2.00 bits per heavy atom. The van der Waals surface area contributed by atoms with Gasteiger partial charge in [-0.25, -0.2) is 9.37 Å². The molecule has 0 aliphatic carbocycles. The molecule has 0 aliphatic heterocycles. The van der Waals surface area contributed by atoms with Crippen LogP contribution in [0, 0.1) is 5.82 Å². The Bertz CT molecular complexity index is 777. The van der Waals surface area contributed by atoms with Crippen molar-refractivity contribution in [1.82, 2.24) is 9.97 Å². The van der Waals surface area contributed by atoms with E-state index < -0.39 is 0 Å². The van der Waals surface area contributed by atoms with Crippen molar-refractivity contribution >= 4 is 22.6 Å². The van der Waals surface area contributed by atoms with E-state index in [1.54, 1.807) is 18.5 Å². The Hall–Kier alpha value is -1.87. The molecule has 0 aliphatic rings. The van der Waals surface area contributed by atoms with Crippen LogP contribution < -0.4 is 0 Å². The summed E-state index contributed by atoms with van der Waals surface area (Å²) in [6.45, 7) is 3.94. The molecule has 0 bridgehead atoms. The van der Waals surface area contributed by atoms with E-state index in [0.29, 0.717) is 27.2 Å². The summed E-state index contributed by atoms with van der Waals surface area (Å²) < 4.78 is 14.7. The Balaban J connectivity index is 2.34. The lowest BCUT2D eigenvalue weighted by molar-refractivity contribution is 0.602. The normalized spacial score (nSPS) is 11.4. The van der Waals surface area contributed by atoms with E-state index in [1.165, 1.54) is 0 Å².